The Kier molecular flexibility index (Phi) is 4.39. The molecule has 1 amide bonds. The number of carbonyl (C=O) groups excluding carboxylic acids is 1. The third-order valence-electron chi connectivity index (χ3n) is 4.26. The molecule has 0 saturated carbocycles. The Morgan fingerprint density at radius 2 is 2.09 bits per heavy atom. The van der Waals surface area contributed by atoms with Crippen LogP contribution in [0.5, 0.6) is 0 Å². The zero-order valence-electron chi connectivity index (χ0n) is 13.3. The highest BCUT2D eigenvalue weighted by Crippen LogP contribution is 2.30. The number of hydrogen-bond donors (Lipinski definition) is 0. The van der Waals surface area contributed by atoms with Crippen molar-refractivity contribution in [1.29, 1.82) is 0 Å². The zero-order chi connectivity index (χ0) is 16.4. The number of rotatable bonds is 4. The van der Waals surface area contributed by atoms with Crippen molar-refractivity contribution < 1.29 is 9.18 Å². The number of pyridine rings is 1. The van der Waals surface area contributed by atoms with Crippen LogP contribution in [0.25, 0.3) is 0 Å². The van der Waals surface area contributed by atoms with Crippen LogP contribution in [0.4, 0.5) is 4.39 Å². The first-order chi connectivity index (χ1) is 11.1. The molecule has 0 N–H and O–H groups in total. The van der Waals surface area contributed by atoms with Crippen molar-refractivity contribution in [2.45, 2.75) is 12.0 Å². The van der Waals surface area contributed by atoms with Gasteiger partial charge < -0.3 is 4.90 Å². The molecule has 120 valence electrons. The minimum atomic E-state index is -0.458. The van der Waals surface area contributed by atoms with E-state index in [0.717, 1.165) is 5.56 Å². The highest BCUT2D eigenvalue weighted by molar-refractivity contribution is 5.84. The lowest BCUT2D eigenvalue weighted by Crippen LogP contribution is -2.52. The fourth-order valence-corrected chi connectivity index (χ4v) is 3.00. The van der Waals surface area contributed by atoms with Gasteiger partial charge >= 0.3 is 0 Å². The number of amides is 1. The summed E-state index contributed by atoms with van der Waals surface area (Å²) < 4.78 is 13.5. The van der Waals surface area contributed by atoms with Crippen LogP contribution < -0.4 is 0 Å². The van der Waals surface area contributed by atoms with Crippen molar-refractivity contribution in [3.8, 4) is 0 Å². The van der Waals surface area contributed by atoms with Crippen LogP contribution in [0.3, 0.4) is 0 Å². The van der Waals surface area contributed by atoms with Crippen molar-refractivity contribution in [3.05, 3.63) is 65.7 Å². The molecule has 1 saturated heterocycles. The molecule has 1 aromatic heterocycles. The third kappa shape index (κ3) is 3.24. The largest absolute Gasteiger partial charge is 0.340 e. The number of carbonyl (C=O) groups is 1. The van der Waals surface area contributed by atoms with E-state index in [-0.39, 0.29) is 11.7 Å². The molecule has 1 atom stereocenters. The standard InChI is InChI=1S/C18H20FN3O/c1-21(2)17(13-5-3-7-16(19)9-13)18(23)22-11-15(12-22)14-6-4-8-20-10-14/h3-10,15,17H,11-12H2,1-2H3. The molecule has 5 heteroatoms. The average Bonchev–Trinajstić information content (AvgIpc) is 2.46. The first kappa shape index (κ1) is 15.6. The first-order valence-corrected chi connectivity index (χ1v) is 7.67. The van der Waals surface area contributed by atoms with E-state index in [0.29, 0.717) is 24.6 Å². The minimum Gasteiger partial charge on any atom is -0.340 e. The average molecular weight is 313 g/mol. The van der Waals surface area contributed by atoms with Gasteiger partial charge in [0.25, 0.3) is 0 Å². The Hall–Kier alpha value is -2.27. The Morgan fingerprint density at radius 1 is 1.30 bits per heavy atom. The molecule has 1 aliphatic rings. The molecule has 2 heterocycles. The van der Waals surface area contributed by atoms with E-state index in [4.69, 9.17) is 0 Å². The summed E-state index contributed by atoms with van der Waals surface area (Å²) in [5, 5.41) is 0. The Labute approximate surface area is 135 Å². The van der Waals surface area contributed by atoms with Crippen molar-refractivity contribution >= 4 is 5.91 Å². The molecule has 0 spiro atoms. The van der Waals surface area contributed by atoms with E-state index in [1.165, 1.54) is 12.1 Å². The summed E-state index contributed by atoms with van der Waals surface area (Å²) >= 11 is 0. The van der Waals surface area contributed by atoms with Crippen LogP contribution in [0.15, 0.2) is 48.8 Å². The maximum atomic E-state index is 13.5. The topological polar surface area (TPSA) is 36.4 Å². The Bertz CT molecular complexity index is 684. The maximum absolute atomic E-state index is 13.5. The third-order valence-corrected chi connectivity index (χ3v) is 4.26. The zero-order valence-corrected chi connectivity index (χ0v) is 13.3. The number of hydrogen-bond acceptors (Lipinski definition) is 3. The van der Waals surface area contributed by atoms with E-state index in [1.807, 2.05) is 42.2 Å². The van der Waals surface area contributed by atoms with Gasteiger partial charge in [-0.25, -0.2) is 4.39 Å². The Balaban J connectivity index is 1.71. The van der Waals surface area contributed by atoms with Gasteiger partial charge in [0, 0.05) is 31.4 Å². The second-order valence-electron chi connectivity index (χ2n) is 6.15. The predicted octanol–water partition coefficient (Wildman–Crippen LogP) is 2.45. The van der Waals surface area contributed by atoms with Crippen LogP contribution in [0.2, 0.25) is 0 Å². The van der Waals surface area contributed by atoms with Crippen molar-refractivity contribution in [3.63, 3.8) is 0 Å². The summed E-state index contributed by atoms with van der Waals surface area (Å²) in [7, 11) is 3.68. The van der Waals surface area contributed by atoms with Gasteiger partial charge in [-0.05, 0) is 43.4 Å². The van der Waals surface area contributed by atoms with Crippen LogP contribution in [0.1, 0.15) is 23.1 Å². The van der Waals surface area contributed by atoms with Crippen molar-refractivity contribution in [2.75, 3.05) is 27.2 Å². The maximum Gasteiger partial charge on any atom is 0.244 e. The molecule has 3 rings (SSSR count). The monoisotopic (exact) mass is 313 g/mol. The van der Waals surface area contributed by atoms with E-state index in [2.05, 4.69) is 4.98 Å². The molecule has 1 fully saturated rings. The molecule has 23 heavy (non-hydrogen) atoms. The Morgan fingerprint density at radius 3 is 2.70 bits per heavy atom. The number of halogens is 1. The van der Waals surface area contributed by atoms with E-state index < -0.39 is 6.04 Å². The molecular weight excluding hydrogens is 293 g/mol. The second kappa shape index (κ2) is 6.46. The van der Waals surface area contributed by atoms with Gasteiger partial charge in [0.1, 0.15) is 11.9 Å². The number of aromatic nitrogens is 1. The number of likely N-dealkylation sites (N-methyl/N-ethyl adjacent to an activating group) is 1. The normalized spacial score (nSPS) is 16.3. The molecule has 1 unspecified atom stereocenters. The summed E-state index contributed by atoms with van der Waals surface area (Å²) in [6.07, 6.45) is 3.60. The second-order valence-corrected chi connectivity index (χ2v) is 6.15. The van der Waals surface area contributed by atoms with Gasteiger partial charge in [-0.2, -0.15) is 0 Å². The fraction of sp³-hybridized carbons (Fsp3) is 0.333. The summed E-state index contributed by atoms with van der Waals surface area (Å²) in [5.74, 6) is 0.0303. The number of nitrogens with zero attached hydrogens (tertiary/aromatic N) is 3. The SMILES string of the molecule is CN(C)C(C(=O)N1CC(c2cccnc2)C1)c1cccc(F)c1. The molecular formula is C18H20FN3O. The van der Waals surface area contributed by atoms with Crippen molar-refractivity contribution in [2.24, 2.45) is 0 Å². The minimum absolute atomic E-state index is 0.0146. The fourth-order valence-electron chi connectivity index (χ4n) is 3.00. The molecule has 2 aromatic rings. The molecule has 1 aromatic carbocycles. The quantitative estimate of drug-likeness (QED) is 0.870. The summed E-state index contributed by atoms with van der Waals surface area (Å²) in [5.41, 5.74) is 1.84. The van der Waals surface area contributed by atoms with Crippen LogP contribution in [0, 0.1) is 5.82 Å². The lowest BCUT2D eigenvalue weighted by Gasteiger charge is -2.42. The smallest absolute Gasteiger partial charge is 0.244 e. The van der Waals surface area contributed by atoms with Crippen molar-refractivity contribution in [1.82, 2.24) is 14.8 Å². The molecule has 0 radical (unpaired) electrons. The van der Waals surface area contributed by atoms with Gasteiger partial charge in [-0.3, -0.25) is 14.7 Å². The lowest BCUT2D eigenvalue weighted by molar-refractivity contribution is -0.141. The van der Waals surface area contributed by atoms with Gasteiger partial charge in [0.2, 0.25) is 5.91 Å². The molecule has 0 aliphatic carbocycles. The molecule has 1 aliphatic heterocycles. The van der Waals surface area contributed by atoms with Crippen LogP contribution >= 0.6 is 0 Å². The number of benzene rings is 1. The summed E-state index contributed by atoms with van der Waals surface area (Å²) in [6, 6.07) is 9.75. The van der Waals surface area contributed by atoms with Gasteiger partial charge in [0.15, 0.2) is 0 Å². The van der Waals surface area contributed by atoms with Gasteiger partial charge in [-0.15, -0.1) is 0 Å². The highest BCUT2D eigenvalue weighted by atomic mass is 19.1. The first-order valence-electron chi connectivity index (χ1n) is 7.67. The molecule has 0 bridgehead atoms. The lowest BCUT2D eigenvalue weighted by atomic mass is 9.91. The van der Waals surface area contributed by atoms with Crippen LogP contribution in [-0.4, -0.2) is 47.9 Å². The van der Waals surface area contributed by atoms with Crippen LogP contribution in [-0.2, 0) is 4.79 Å². The van der Waals surface area contributed by atoms with Gasteiger partial charge in [0.05, 0.1) is 0 Å². The molecule has 4 nitrogen and oxygen atoms in total. The van der Waals surface area contributed by atoms with Gasteiger partial charge in [-0.1, -0.05) is 18.2 Å². The van der Waals surface area contributed by atoms with E-state index >= 15 is 0 Å². The summed E-state index contributed by atoms with van der Waals surface area (Å²) in [6.45, 7) is 1.37. The van der Waals surface area contributed by atoms with E-state index in [9.17, 15) is 9.18 Å². The van der Waals surface area contributed by atoms with E-state index in [1.54, 1.807) is 18.3 Å². The summed E-state index contributed by atoms with van der Waals surface area (Å²) in [4.78, 5) is 20.6. The number of likely N-dealkylation sites (tertiary alicyclic amines) is 1. The predicted molar refractivity (Wildman–Crippen MR) is 86.4 cm³/mol. The highest BCUT2D eigenvalue weighted by Gasteiger charge is 2.36.